The van der Waals surface area contributed by atoms with Gasteiger partial charge in [-0.25, -0.2) is 4.98 Å². The van der Waals surface area contributed by atoms with E-state index in [4.69, 9.17) is 10.2 Å². The molecule has 0 atom stereocenters. The van der Waals surface area contributed by atoms with Gasteiger partial charge >= 0.3 is 0 Å². The number of benzene rings is 2. The van der Waals surface area contributed by atoms with Crippen molar-refractivity contribution in [2.45, 2.75) is 0 Å². The van der Waals surface area contributed by atoms with Crippen LogP contribution in [0.3, 0.4) is 0 Å². The van der Waals surface area contributed by atoms with Gasteiger partial charge in [-0.05, 0) is 24.3 Å². The molecule has 0 aliphatic carbocycles. The molecule has 6 heteroatoms. The third-order valence-electron chi connectivity index (χ3n) is 2.78. The molecular formula is C13H9N3O3. The zero-order valence-corrected chi connectivity index (χ0v) is 9.74. The van der Waals surface area contributed by atoms with Crippen LogP contribution in [0.2, 0.25) is 0 Å². The fraction of sp³-hybridized carbons (Fsp3) is 0. The summed E-state index contributed by atoms with van der Waals surface area (Å²) in [6.45, 7) is 0. The number of hydrogen-bond donors (Lipinski definition) is 1. The molecule has 0 saturated heterocycles. The topological polar surface area (TPSA) is 95.2 Å². The molecular weight excluding hydrogens is 246 g/mol. The second kappa shape index (κ2) is 4.09. The summed E-state index contributed by atoms with van der Waals surface area (Å²) in [6.07, 6.45) is 0. The van der Waals surface area contributed by atoms with Crippen molar-refractivity contribution in [1.82, 2.24) is 4.98 Å². The predicted octanol–water partition coefficient (Wildman–Crippen LogP) is 2.99. The van der Waals surface area contributed by atoms with Crippen molar-refractivity contribution < 1.29 is 9.34 Å². The Morgan fingerprint density at radius 3 is 2.53 bits per heavy atom. The van der Waals surface area contributed by atoms with E-state index in [0.29, 0.717) is 28.2 Å². The largest absolute Gasteiger partial charge is 0.436 e. The van der Waals surface area contributed by atoms with Gasteiger partial charge in [0.1, 0.15) is 5.52 Å². The Hall–Kier alpha value is -2.89. The number of para-hydroxylation sites is 1. The van der Waals surface area contributed by atoms with Crippen LogP contribution < -0.4 is 5.73 Å². The number of oxazole rings is 1. The number of anilines is 1. The minimum atomic E-state index is -0.451. The maximum absolute atomic E-state index is 10.6. The summed E-state index contributed by atoms with van der Waals surface area (Å²) in [5, 5.41) is 10.6. The lowest BCUT2D eigenvalue weighted by atomic mass is 10.2. The van der Waals surface area contributed by atoms with Crippen molar-refractivity contribution in [2.75, 3.05) is 5.73 Å². The SMILES string of the molecule is Nc1cccc2oc(-c3ccc([N+](=O)[O-])cc3)nc12. The highest BCUT2D eigenvalue weighted by molar-refractivity contribution is 5.87. The van der Waals surface area contributed by atoms with E-state index in [1.807, 2.05) is 0 Å². The van der Waals surface area contributed by atoms with Gasteiger partial charge in [-0.15, -0.1) is 0 Å². The third kappa shape index (κ3) is 1.89. The first-order chi connectivity index (χ1) is 9.15. The number of nitrogen functional groups attached to an aromatic ring is 1. The Bertz CT molecular complexity index is 762. The van der Waals surface area contributed by atoms with Crippen LogP contribution in [-0.4, -0.2) is 9.91 Å². The number of hydrogen-bond acceptors (Lipinski definition) is 5. The molecule has 1 heterocycles. The molecule has 2 N–H and O–H groups in total. The zero-order chi connectivity index (χ0) is 13.4. The van der Waals surface area contributed by atoms with Gasteiger partial charge in [-0.2, -0.15) is 0 Å². The van der Waals surface area contributed by atoms with Crippen LogP contribution in [0.25, 0.3) is 22.6 Å². The molecule has 0 aliphatic rings. The van der Waals surface area contributed by atoms with Gasteiger partial charge < -0.3 is 10.2 Å². The monoisotopic (exact) mass is 255 g/mol. The number of fused-ring (bicyclic) bond motifs is 1. The first-order valence-electron chi connectivity index (χ1n) is 5.55. The fourth-order valence-corrected chi connectivity index (χ4v) is 1.82. The van der Waals surface area contributed by atoms with E-state index in [9.17, 15) is 10.1 Å². The van der Waals surface area contributed by atoms with Crippen molar-refractivity contribution in [3.63, 3.8) is 0 Å². The lowest BCUT2D eigenvalue weighted by Crippen LogP contribution is -1.87. The zero-order valence-electron chi connectivity index (χ0n) is 9.74. The number of nitro benzene ring substituents is 1. The van der Waals surface area contributed by atoms with Gasteiger partial charge in [0.15, 0.2) is 5.58 Å². The van der Waals surface area contributed by atoms with Gasteiger partial charge in [0.05, 0.1) is 10.6 Å². The summed E-state index contributed by atoms with van der Waals surface area (Å²) in [5.74, 6) is 0.391. The lowest BCUT2D eigenvalue weighted by Gasteiger charge is -1.94. The second-order valence-corrected chi connectivity index (χ2v) is 4.02. The summed E-state index contributed by atoms with van der Waals surface area (Å²) >= 11 is 0. The summed E-state index contributed by atoms with van der Waals surface area (Å²) in [5.41, 5.74) is 8.22. The summed E-state index contributed by atoms with van der Waals surface area (Å²) in [6, 6.07) is 11.3. The highest BCUT2D eigenvalue weighted by atomic mass is 16.6. The standard InChI is InChI=1S/C13H9N3O3/c14-10-2-1-3-11-12(10)15-13(19-11)8-4-6-9(7-5-8)16(17)18/h1-7H,14H2. The molecule has 94 valence electrons. The molecule has 0 bridgehead atoms. The van der Waals surface area contributed by atoms with Crippen molar-refractivity contribution in [2.24, 2.45) is 0 Å². The van der Waals surface area contributed by atoms with Crippen molar-refractivity contribution >= 4 is 22.5 Å². The number of aromatic nitrogens is 1. The molecule has 0 fully saturated rings. The second-order valence-electron chi connectivity index (χ2n) is 4.02. The third-order valence-corrected chi connectivity index (χ3v) is 2.78. The van der Waals surface area contributed by atoms with Gasteiger partial charge in [0.25, 0.3) is 5.69 Å². The molecule has 2 aromatic carbocycles. The van der Waals surface area contributed by atoms with E-state index in [-0.39, 0.29) is 5.69 Å². The quantitative estimate of drug-likeness (QED) is 0.431. The molecule has 3 rings (SSSR count). The molecule has 19 heavy (non-hydrogen) atoms. The minimum absolute atomic E-state index is 0.0272. The van der Waals surface area contributed by atoms with Gasteiger partial charge in [-0.1, -0.05) is 6.07 Å². The van der Waals surface area contributed by atoms with Crippen LogP contribution in [-0.2, 0) is 0 Å². The Morgan fingerprint density at radius 2 is 1.89 bits per heavy atom. The van der Waals surface area contributed by atoms with Gasteiger partial charge in [0, 0.05) is 17.7 Å². The molecule has 0 unspecified atom stereocenters. The Kier molecular flexibility index (Phi) is 2.42. The van der Waals surface area contributed by atoms with E-state index < -0.39 is 4.92 Å². The lowest BCUT2D eigenvalue weighted by molar-refractivity contribution is -0.384. The first kappa shape index (κ1) is 11.2. The summed E-state index contributed by atoms with van der Waals surface area (Å²) in [7, 11) is 0. The maximum Gasteiger partial charge on any atom is 0.269 e. The van der Waals surface area contributed by atoms with Crippen LogP contribution in [0, 0.1) is 10.1 Å². The van der Waals surface area contributed by atoms with Crippen LogP contribution in [0.15, 0.2) is 46.9 Å². The Labute approximate surface area is 107 Å². The molecule has 0 amide bonds. The highest BCUT2D eigenvalue weighted by Crippen LogP contribution is 2.28. The number of nitrogens with two attached hydrogens (primary N) is 1. The Morgan fingerprint density at radius 1 is 1.16 bits per heavy atom. The van der Waals surface area contributed by atoms with Crippen molar-refractivity contribution in [3.8, 4) is 11.5 Å². The van der Waals surface area contributed by atoms with Crippen LogP contribution >= 0.6 is 0 Å². The molecule has 0 saturated carbocycles. The molecule has 0 spiro atoms. The van der Waals surface area contributed by atoms with Crippen LogP contribution in [0.5, 0.6) is 0 Å². The number of non-ortho nitro benzene ring substituents is 1. The number of rotatable bonds is 2. The molecule has 0 aliphatic heterocycles. The first-order valence-corrected chi connectivity index (χ1v) is 5.55. The normalized spacial score (nSPS) is 10.7. The fourth-order valence-electron chi connectivity index (χ4n) is 1.82. The highest BCUT2D eigenvalue weighted by Gasteiger charge is 2.11. The van der Waals surface area contributed by atoms with E-state index in [1.54, 1.807) is 30.3 Å². The maximum atomic E-state index is 10.6. The average molecular weight is 255 g/mol. The summed E-state index contributed by atoms with van der Waals surface area (Å²) < 4.78 is 5.57. The molecule has 3 aromatic rings. The van der Waals surface area contributed by atoms with Crippen LogP contribution in [0.1, 0.15) is 0 Å². The molecule has 6 nitrogen and oxygen atoms in total. The van der Waals surface area contributed by atoms with Gasteiger partial charge in [-0.3, -0.25) is 10.1 Å². The van der Waals surface area contributed by atoms with E-state index in [2.05, 4.69) is 4.98 Å². The summed E-state index contributed by atoms with van der Waals surface area (Å²) in [4.78, 5) is 14.4. The van der Waals surface area contributed by atoms with E-state index in [0.717, 1.165) is 0 Å². The number of nitro groups is 1. The number of nitrogens with zero attached hydrogens (tertiary/aromatic N) is 2. The minimum Gasteiger partial charge on any atom is -0.436 e. The van der Waals surface area contributed by atoms with Gasteiger partial charge in [0.2, 0.25) is 5.89 Å². The van der Waals surface area contributed by atoms with E-state index in [1.165, 1.54) is 12.1 Å². The van der Waals surface area contributed by atoms with Crippen molar-refractivity contribution in [1.29, 1.82) is 0 Å². The molecule has 1 aromatic heterocycles. The van der Waals surface area contributed by atoms with Crippen molar-refractivity contribution in [3.05, 3.63) is 52.6 Å². The van der Waals surface area contributed by atoms with Crippen LogP contribution in [0.4, 0.5) is 11.4 Å². The van der Waals surface area contributed by atoms with E-state index >= 15 is 0 Å². The average Bonchev–Trinajstić information content (AvgIpc) is 2.84. The smallest absolute Gasteiger partial charge is 0.269 e. The predicted molar refractivity (Wildman–Crippen MR) is 70.5 cm³/mol. The Balaban J connectivity index is 2.09. The molecule has 0 radical (unpaired) electrons.